The third-order valence-corrected chi connectivity index (χ3v) is 4.63. The molecule has 0 saturated carbocycles. The maximum absolute atomic E-state index is 12.5. The van der Waals surface area contributed by atoms with Gasteiger partial charge in [0.1, 0.15) is 5.75 Å². The number of hydrogen-bond acceptors (Lipinski definition) is 4. The van der Waals surface area contributed by atoms with Gasteiger partial charge in [-0.15, -0.1) is 0 Å². The molecular weight excluding hydrogens is 425 g/mol. The van der Waals surface area contributed by atoms with E-state index in [9.17, 15) is 4.79 Å². The van der Waals surface area contributed by atoms with Gasteiger partial charge in [0, 0.05) is 22.4 Å². The molecule has 0 aliphatic carbocycles. The molecule has 9 heteroatoms. The Morgan fingerprint density at radius 1 is 1.03 bits per heavy atom. The molecule has 0 aliphatic rings. The SMILES string of the molecule is O=C(Nc1cnn(Cc2cccc(Cl)c2)c1)c1ccn(COc2cccc(Cl)c2)n1. The van der Waals surface area contributed by atoms with E-state index in [1.165, 1.54) is 4.68 Å². The zero-order valence-electron chi connectivity index (χ0n) is 15.7. The number of ether oxygens (including phenoxy) is 1. The summed E-state index contributed by atoms with van der Waals surface area (Å²) in [4.78, 5) is 12.5. The lowest BCUT2D eigenvalue weighted by atomic mass is 10.2. The molecule has 0 aliphatic heterocycles. The molecular formula is C21H17Cl2N5O2. The molecule has 30 heavy (non-hydrogen) atoms. The van der Waals surface area contributed by atoms with Crippen LogP contribution in [0.1, 0.15) is 16.1 Å². The number of halogens is 2. The highest BCUT2D eigenvalue weighted by atomic mass is 35.5. The smallest absolute Gasteiger partial charge is 0.276 e. The van der Waals surface area contributed by atoms with Gasteiger partial charge in [-0.2, -0.15) is 10.2 Å². The van der Waals surface area contributed by atoms with Gasteiger partial charge >= 0.3 is 0 Å². The van der Waals surface area contributed by atoms with Crippen molar-refractivity contribution >= 4 is 34.8 Å². The highest BCUT2D eigenvalue weighted by molar-refractivity contribution is 6.30. The first kappa shape index (κ1) is 20.0. The molecule has 0 radical (unpaired) electrons. The fourth-order valence-corrected chi connectivity index (χ4v) is 3.18. The minimum atomic E-state index is -0.334. The lowest BCUT2D eigenvalue weighted by molar-refractivity contribution is 0.102. The topological polar surface area (TPSA) is 74.0 Å². The molecule has 2 aromatic heterocycles. The van der Waals surface area contributed by atoms with Gasteiger partial charge in [0.25, 0.3) is 5.91 Å². The molecule has 0 fully saturated rings. The Balaban J connectivity index is 1.34. The van der Waals surface area contributed by atoms with Crippen LogP contribution in [0.25, 0.3) is 0 Å². The van der Waals surface area contributed by atoms with Gasteiger partial charge < -0.3 is 10.1 Å². The maximum atomic E-state index is 12.5. The van der Waals surface area contributed by atoms with Crippen LogP contribution >= 0.6 is 23.2 Å². The predicted octanol–water partition coefficient (Wildman–Crippen LogP) is 4.72. The van der Waals surface area contributed by atoms with Crippen molar-refractivity contribution < 1.29 is 9.53 Å². The first-order valence-electron chi connectivity index (χ1n) is 9.05. The Kier molecular flexibility index (Phi) is 6.02. The molecule has 4 aromatic rings. The Hall–Kier alpha value is -3.29. The molecule has 0 saturated heterocycles. The third-order valence-electron chi connectivity index (χ3n) is 4.16. The fourth-order valence-electron chi connectivity index (χ4n) is 2.78. The van der Waals surface area contributed by atoms with Crippen LogP contribution in [-0.2, 0) is 13.3 Å². The van der Waals surface area contributed by atoms with Crippen molar-refractivity contribution in [2.75, 3.05) is 5.32 Å². The molecule has 0 atom stereocenters. The number of nitrogens with zero attached hydrogens (tertiary/aromatic N) is 4. The van der Waals surface area contributed by atoms with Gasteiger partial charge in [0.15, 0.2) is 12.4 Å². The zero-order valence-corrected chi connectivity index (χ0v) is 17.2. The molecule has 0 unspecified atom stereocenters. The summed E-state index contributed by atoms with van der Waals surface area (Å²) in [6.45, 7) is 0.705. The number of amides is 1. The number of aromatic nitrogens is 4. The van der Waals surface area contributed by atoms with Crippen molar-refractivity contribution in [3.63, 3.8) is 0 Å². The Labute approximate surface area is 182 Å². The third kappa shape index (κ3) is 5.20. The van der Waals surface area contributed by atoms with Crippen molar-refractivity contribution in [1.29, 1.82) is 0 Å². The van der Waals surface area contributed by atoms with E-state index in [1.54, 1.807) is 53.6 Å². The van der Waals surface area contributed by atoms with Crippen LogP contribution in [-0.4, -0.2) is 25.5 Å². The van der Waals surface area contributed by atoms with Gasteiger partial charge in [0.2, 0.25) is 0 Å². The minimum Gasteiger partial charge on any atom is -0.471 e. The van der Waals surface area contributed by atoms with Gasteiger partial charge in [-0.05, 0) is 42.0 Å². The minimum absolute atomic E-state index is 0.158. The van der Waals surface area contributed by atoms with Crippen molar-refractivity contribution in [2.45, 2.75) is 13.3 Å². The summed E-state index contributed by atoms with van der Waals surface area (Å²) >= 11 is 11.9. The van der Waals surface area contributed by atoms with Crippen molar-refractivity contribution in [1.82, 2.24) is 19.6 Å². The average molecular weight is 442 g/mol. The Bertz CT molecular complexity index is 1170. The van der Waals surface area contributed by atoms with E-state index in [4.69, 9.17) is 27.9 Å². The molecule has 0 spiro atoms. The van der Waals surface area contributed by atoms with E-state index in [0.717, 1.165) is 5.56 Å². The quantitative estimate of drug-likeness (QED) is 0.450. The molecule has 152 valence electrons. The van der Waals surface area contributed by atoms with Gasteiger partial charge in [-0.25, -0.2) is 4.68 Å². The van der Waals surface area contributed by atoms with Crippen LogP contribution in [0.4, 0.5) is 5.69 Å². The number of carbonyl (C=O) groups is 1. The standard InChI is InChI=1S/C21H17Cl2N5O2/c22-16-4-1-3-15(9-16)12-28-13-18(11-24-28)25-21(29)20-7-8-27(26-20)14-30-19-6-2-5-17(23)10-19/h1-11,13H,12,14H2,(H,25,29). The summed E-state index contributed by atoms with van der Waals surface area (Å²) in [5, 5.41) is 12.5. The van der Waals surface area contributed by atoms with E-state index in [1.807, 2.05) is 24.3 Å². The average Bonchev–Trinajstić information content (AvgIpc) is 3.36. The number of hydrogen-bond donors (Lipinski definition) is 1. The number of benzene rings is 2. The van der Waals surface area contributed by atoms with E-state index in [-0.39, 0.29) is 18.3 Å². The maximum Gasteiger partial charge on any atom is 0.276 e. The van der Waals surface area contributed by atoms with Crippen molar-refractivity contribution in [2.24, 2.45) is 0 Å². The van der Waals surface area contributed by atoms with E-state index in [2.05, 4.69) is 15.5 Å². The Morgan fingerprint density at radius 3 is 2.63 bits per heavy atom. The normalized spacial score (nSPS) is 10.7. The predicted molar refractivity (Wildman–Crippen MR) is 115 cm³/mol. The molecule has 4 rings (SSSR count). The summed E-state index contributed by atoms with van der Waals surface area (Å²) in [6.07, 6.45) is 5.00. The number of nitrogens with one attached hydrogen (secondary N) is 1. The second kappa shape index (κ2) is 9.02. The van der Waals surface area contributed by atoms with Crippen LogP contribution in [0.5, 0.6) is 5.75 Å². The zero-order chi connectivity index (χ0) is 20.9. The second-order valence-corrected chi connectivity index (χ2v) is 7.35. The first-order valence-corrected chi connectivity index (χ1v) is 9.81. The number of rotatable bonds is 7. The summed E-state index contributed by atoms with van der Waals surface area (Å²) in [5.74, 6) is 0.287. The molecule has 0 bridgehead atoms. The monoisotopic (exact) mass is 441 g/mol. The summed E-state index contributed by atoms with van der Waals surface area (Å²) in [6, 6.07) is 16.2. The van der Waals surface area contributed by atoms with Crippen LogP contribution in [0.2, 0.25) is 10.0 Å². The summed E-state index contributed by atoms with van der Waals surface area (Å²) < 4.78 is 8.86. The van der Waals surface area contributed by atoms with E-state index < -0.39 is 0 Å². The van der Waals surface area contributed by atoms with Crippen LogP contribution in [0, 0.1) is 0 Å². The van der Waals surface area contributed by atoms with Crippen LogP contribution in [0.15, 0.2) is 73.2 Å². The van der Waals surface area contributed by atoms with Crippen molar-refractivity contribution in [3.8, 4) is 5.75 Å². The lowest BCUT2D eigenvalue weighted by Gasteiger charge is -2.06. The van der Waals surface area contributed by atoms with Crippen molar-refractivity contribution in [3.05, 3.63) is 94.5 Å². The molecule has 1 amide bonds. The molecule has 1 N–H and O–H groups in total. The number of carbonyl (C=O) groups excluding carboxylic acids is 1. The van der Waals surface area contributed by atoms with Gasteiger partial charge in [-0.1, -0.05) is 41.4 Å². The first-order chi connectivity index (χ1) is 14.5. The number of anilines is 1. The molecule has 2 heterocycles. The van der Waals surface area contributed by atoms with Crippen LogP contribution < -0.4 is 10.1 Å². The largest absolute Gasteiger partial charge is 0.471 e. The molecule has 7 nitrogen and oxygen atoms in total. The summed E-state index contributed by atoms with van der Waals surface area (Å²) in [5.41, 5.74) is 1.86. The Morgan fingerprint density at radius 2 is 1.83 bits per heavy atom. The van der Waals surface area contributed by atoms with E-state index in [0.29, 0.717) is 28.0 Å². The fraction of sp³-hybridized carbons (Fsp3) is 0.0952. The van der Waals surface area contributed by atoms with Gasteiger partial charge in [-0.3, -0.25) is 9.48 Å². The van der Waals surface area contributed by atoms with Gasteiger partial charge in [0.05, 0.1) is 18.4 Å². The lowest BCUT2D eigenvalue weighted by Crippen LogP contribution is -2.14. The summed E-state index contributed by atoms with van der Waals surface area (Å²) in [7, 11) is 0. The highest BCUT2D eigenvalue weighted by Crippen LogP contribution is 2.17. The highest BCUT2D eigenvalue weighted by Gasteiger charge is 2.11. The van der Waals surface area contributed by atoms with E-state index >= 15 is 0 Å². The van der Waals surface area contributed by atoms with Crippen LogP contribution in [0.3, 0.4) is 0 Å². The second-order valence-electron chi connectivity index (χ2n) is 6.48. The molecule has 2 aromatic carbocycles.